The van der Waals surface area contributed by atoms with Crippen LogP contribution in [0.1, 0.15) is 33.6 Å². The number of Topliss-reactive ketones (excluding diaryl/α,β-unsaturated/α-hetero) is 1. The average molecular weight is 140 g/mol. The van der Waals surface area contributed by atoms with Crippen LogP contribution in [0.2, 0.25) is 0 Å². The van der Waals surface area contributed by atoms with Crippen LogP contribution in [0.15, 0.2) is 12.2 Å². The van der Waals surface area contributed by atoms with E-state index in [4.69, 9.17) is 0 Å². The van der Waals surface area contributed by atoms with Gasteiger partial charge < -0.3 is 0 Å². The van der Waals surface area contributed by atoms with Crippen molar-refractivity contribution in [3.05, 3.63) is 12.2 Å². The molecule has 0 radical (unpaired) electrons. The summed E-state index contributed by atoms with van der Waals surface area (Å²) < 4.78 is 0. The van der Waals surface area contributed by atoms with Crippen LogP contribution in [-0.4, -0.2) is 5.78 Å². The van der Waals surface area contributed by atoms with Gasteiger partial charge in [-0.15, -0.1) is 6.58 Å². The van der Waals surface area contributed by atoms with Crippen LogP contribution in [0.25, 0.3) is 0 Å². The molecule has 10 heavy (non-hydrogen) atoms. The van der Waals surface area contributed by atoms with Crippen molar-refractivity contribution < 1.29 is 4.79 Å². The summed E-state index contributed by atoms with van der Waals surface area (Å²) in [5.74, 6) is 0.505. The van der Waals surface area contributed by atoms with E-state index >= 15 is 0 Å². The fraction of sp³-hybridized carbons (Fsp3) is 0.667. The van der Waals surface area contributed by atoms with Crippen molar-refractivity contribution in [2.75, 3.05) is 0 Å². The van der Waals surface area contributed by atoms with Crippen LogP contribution in [0, 0.1) is 5.92 Å². The Morgan fingerprint density at radius 2 is 2.10 bits per heavy atom. The maximum Gasteiger partial charge on any atom is 0.135 e. The molecular formula is C9H16O. The van der Waals surface area contributed by atoms with E-state index < -0.39 is 0 Å². The van der Waals surface area contributed by atoms with E-state index in [0.717, 1.165) is 12.0 Å². The van der Waals surface area contributed by atoms with Gasteiger partial charge in [0, 0.05) is 12.3 Å². The fourth-order valence-corrected chi connectivity index (χ4v) is 0.985. The van der Waals surface area contributed by atoms with Crippen molar-refractivity contribution in [1.29, 1.82) is 0 Å². The van der Waals surface area contributed by atoms with Gasteiger partial charge in [-0.3, -0.25) is 4.79 Å². The molecule has 0 aliphatic rings. The third-order valence-corrected chi connectivity index (χ3v) is 1.55. The Labute approximate surface area is 63.1 Å². The Morgan fingerprint density at radius 3 is 2.40 bits per heavy atom. The van der Waals surface area contributed by atoms with E-state index in [1.807, 2.05) is 20.8 Å². The molecule has 0 aliphatic carbocycles. The SMILES string of the molecule is C=C(C)C[C@@H](C)C(=O)CC. The molecule has 0 aromatic heterocycles. The van der Waals surface area contributed by atoms with Gasteiger partial charge >= 0.3 is 0 Å². The average Bonchev–Trinajstić information content (AvgIpc) is 1.85. The Balaban J connectivity index is 3.72. The Kier molecular flexibility index (Phi) is 4.01. The maximum absolute atomic E-state index is 11.0. The largest absolute Gasteiger partial charge is 0.299 e. The maximum atomic E-state index is 11.0. The second kappa shape index (κ2) is 4.26. The van der Waals surface area contributed by atoms with Gasteiger partial charge in [-0.2, -0.15) is 0 Å². The first-order valence-electron chi connectivity index (χ1n) is 3.75. The van der Waals surface area contributed by atoms with Crippen LogP contribution in [0.3, 0.4) is 0 Å². The third kappa shape index (κ3) is 3.44. The summed E-state index contributed by atoms with van der Waals surface area (Å²) in [6, 6.07) is 0. The lowest BCUT2D eigenvalue weighted by atomic mass is 9.97. The van der Waals surface area contributed by atoms with Crippen molar-refractivity contribution in [3.63, 3.8) is 0 Å². The highest BCUT2D eigenvalue weighted by atomic mass is 16.1. The van der Waals surface area contributed by atoms with Crippen molar-refractivity contribution in [1.82, 2.24) is 0 Å². The van der Waals surface area contributed by atoms with Crippen molar-refractivity contribution in [2.45, 2.75) is 33.6 Å². The van der Waals surface area contributed by atoms with Crippen LogP contribution in [0.4, 0.5) is 0 Å². The summed E-state index contributed by atoms with van der Waals surface area (Å²) in [5, 5.41) is 0. The molecule has 0 fully saturated rings. The van der Waals surface area contributed by atoms with E-state index in [1.165, 1.54) is 0 Å². The lowest BCUT2D eigenvalue weighted by molar-refractivity contribution is -0.122. The number of carbonyl (C=O) groups excluding carboxylic acids is 1. The third-order valence-electron chi connectivity index (χ3n) is 1.55. The number of rotatable bonds is 4. The molecule has 0 saturated heterocycles. The number of carbonyl (C=O) groups is 1. The Hall–Kier alpha value is -0.590. The second-order valence-corrected chi connectivity index (χ2v) is 2.88. The molecule has 0 aliphatic heterocycles. The van der Waals surface area contributed by atoms with Gasteiger partial charge in [0.15, 0.2) is 0 Å². The van der Waals surface area contributed by atoms with Gasteiger partial charge in [-0.1, -0.05) is 19.4 Å². The molecule has 0 bridgehead atoms. The number of allylic oxidation sites excluding steroid dienone is 1. The topological polar surface area (TPSA) is 17.1 Å². The van der Waals surface area contributed by atoms with Crippen molar-refractivity contribution in [2.24, 2.45) is 5.92 Å². The summed E-state index contributed by atoms with van der Waals surface area (Å²) >= 11 is 0. The summed E-state index contributed by atoms with van der Waals surface area (Å²) in [7, 11) is 0. The van der Waals surface area contributed by atoms with Gasteiger partial charge in [0.05, 0.1) is 0 Å². The molecule has 0 amide bonds. The standard InChI is InChI=1S/C9H16O/c1-5-9(10)8(4)6-7(2)3/h8H,2,5-6H2,1,3-4H3/t8-/m1/s1. The van der Waals surface area contributed by atoms with Crippen molar-refractivity contribution in [3.8, 4) is 0 Å². The van der Waals surface area contributed by atoms with Crippen LogP contribution in [-0.2, 0) is 4.79 Å². The fourth-order valence-electron chi connectivity index (χ4n) is 0.985. The molecule has 1 heteroatoms. The second-order valence-electron chi connectivity index (χ2n) is 2.88. The summed E-state index contributed by atoms with van der Waals surface area (Å²) in [4.78, 5) is 11.0. The first-order chi connectivity index (χ1) is 4.57. The normalized spacial score (nSPS) is 12.7. The highest BCUT2D eigenvalue weighted by Gasteiger charge is 2.09. The molecule has 0 heterocycles. The zero-order chi connectivity index (χ0) is 8.15. The molecule has 58 valence electrons. The molecule has 0 aromatic rings. The lowest BCUT2D eigenvalue weighted by Gasteiger charge is -2.07. The predicted molar refractivity (Wildman–Crippen MR) is 43.9 cm³/mol. The van der Waals surface area contributed by atoms with E-state index in [9.17, 15) is 4.79 Å². The number of ketones is 1. The summed E-state index contributed by atoms with van der Waals surface area (Å²) in [6.07, 6.45) is 1.49. The molecule has 0 aromatic carbocycles. The highest BCUT2D eigenvalue weighted by Crippen LogP contribution is 2.10. The zero-order valence-electron chi connectivity index (χ0n) is 7.11. The van der Waals surface area contributed by atoms with Crippen LogP contribution in [0.5, 0.6) is 0 Å². The minimum Gasteiger partial charge on any atom is -0.299 e. The quantitative estimate of drug-likeness (QED) is 0.548. The lowest BCUT2D eigenvalue weighted by Crippen LogP contribution is -2.09. The minimum atomic E-state index is 0.169. The Bertz CT molecular complexity index is 136. The molecule has 0 spiro atoms. The summed E-state index contributed by atoms with van der Waals surface area (Å²) in [5.41, 5.74) is 1.09. The van der Waals surface area contributed by atoms with Crippen LogP contribution < -0.4 is 0 Å². The van der Waals surface area contributed by atoms with Gasteiger partial charge in [0.2, 0.25) is 0 Å². The summed E-state index contributed by atoms with van der Waals surface area (Å²) in [6.45, 7) is 9.58. The monoisotopic (exact) mass is 140 g/mol. The number of hydrogen-bond donors (Lipinski definition) is 0. The van der Waals surface area contributed by atoms with Crippen molar-refractivity contribution >= 4 is 5.78 Å². The van der Waals surface area contributed by atoms with Gasteiger partial charge in [0.25, 0.3) is 0 Å². The first kappa shape index (κ1) is 9.41. The van der Waals surface area contributed by atoms with E-state index in [0.29, 0.717) is 12.2 Å². The zero-order valence-corrected chi connectivity index (χ0v) is 7.11. The molecule has 0 unspecified atom stereocenters. The molecule has 0 N–H and O–H groups in total. The highest BCUT2D eigenvalue weighted by molar-refractivity contribution is 5.80. The molecular weight excluding hydrogens is 124 g/mol. The Morgan fingerprint density at radius 1 is 1.60 bits per heavy atom. The van der Waals surface area contributed by atoms with Gasteiger partial charge in [-0.05, 0) is 13.3 Å². The van der Waals surface area contributed by atoms with E-state index in [1.54, 1.807) is 0 Å². The minimum absolute atomic E-state index is 0.169. The van der Waals surface area contributed by atoms with Gasteiger partial charge in [0.1, 0.15) is 5.78 Å². The number of hydrogen-bond acceptors (Lipinski definition) is 1. The van der Waals surface area contributed by atoms with E-state index in [-0.39, 0.29) is 5.92 Å². The van der Waals surface area contributed by atoms with Crippen LogP contribution >= 0.6 is 0 Å². The molecule has 1 nitrogen and oxygen atoms in total. The predicted octanol–water partition coefficient (Wildman–Crippen LogP) is 2.57. The molecule has 0 rings (SSSR count). The van der Waals surface area contributed by atoms with E-state index in [2.05, 4.69) is 6.58 Å². The smallest absolute Gasteiger partial charge is 0.135 e. The molecule has 0 saturated carbocycles. The van der Waals surface area contributed by atoms with Gasteiger partial charge in [-0.25, -0.2) is 0 Å². The molecule has 1 atom stereocenters. The first-order valence-corrected chi connectivity index (χ1v) is 3.75.